The van der Waals surface area contributed by atoms with Gasteiger partial charge >= 0.3 is 0 Å². The van der Waals surface area contributed by atoms with E-state index in [1.165, 1.54) is 0 Å². The third-order valence-corrected chi connectivity index (χ3v) is 2.36. The second kappa shape index (κ2) is 5.09. The molecule has 2 heterocycles. The van der Waals surface area contributed by atoms with Gasteiger partial charge in [-0.2, -0.15) is 5.10 Å². The lowest BCUT2D eigenvalue weighted by atomic mass is 10.2. The Morgan fingerprint density at radius 1 is 1.35 bits per heavy atom. The summed E-state index contributed by atoms with van der Waals surface area (Å²) in [7, 11) is 1.88. The predicted molar refractivity (Wildman–Crippen MR) is 64.7 cm³/mol. The van der Waals surface area contributed by atoms with Crippen LogP contribution in [-0.4, -0.2) is 31.3 Å². The SMILES string of the molecule is CC(C)CNCc1cn(-c2cnn(C)c2)nn1. The average molecular weight is 234 g/mol. The first-order valence-corrected chi connectivity index (χ1v) is 5.76. The molecular weight excluding hydrogens is 216 g/mol. The number of hydrogen-bond acceptors (Lipinski definition) is 4. The number of nitrogens with one attached hydrogen (secondary N) is 1. The molecule has 0 amide bonds. The molecule has 6 heteroatoms. The molecule has 0 aliphatic heterocycles. The normalized spacial score (nSPS) is 11.3. The van der Waals surface area contributed by atoms with Gasteiger partial charge < -0.3 is 5.32 Å². The number of hydrogen-bond donors (Lipinski definition) is 1. The molecule has 1 N–H and O–H groups in total. The van der Waals surface area contributed by atoms with E-state index in [1.807, 2.05) is 19.4 Å². The molecule has 92 valence electrons. The number of aryl methyl sites for hydroxylation is 1. The summed E-state index contributed by atoms with van der Waals surface area (Å²) in [5, 5.41) is 15.6. The zero-order valence-electron chi connectivity index (χ0n) is 10.5. The van der Waals surface area contributed by atoms with E-state index in [0.717, 1.165) is 24.5 Å². The molecule has 0 radical (unpaired) electrons. The van der Waals surface area contributed by atoms with E-state index < -0.39 is 0 Å². The minimum Gasteiger partial charge on any atom is -0.311 e. The Hall–Kier alpha value is -1.69. The molecule has 2 aromatic heterocycles. The molecule has 0 saturated heterocycles. The molecule has 0 spiro atoms. The quantitative estimate of drug-likeness (QED) is 0.829. The zero-order chi connectivity index (χ0) is 12.3. The highest BCUT2D eigenvalue weighted by molar-refractivity contribution is 5.23. The van der Waals surface area contributed by atoms with Gasteiger partial charge in [0.25, 0.3) is 0 Å². The van der Waals surface area contributed by atoms with E-state index in [9.17, 15) is 0 Å². The summed E-state index contributed by atoms with van der Waals surface area (Å²) in [5.41, 5.74) is 1.87. The van der Waals surface area contributed by atoms with Crippen LogP contribution in [0.2, 0.25) is 0 Å². The Bertz CT molecular complexity index is 470. The summed E-state index contributed by atoms with van der Waals surface area (Å²) in [5.74, 6) is 0.642. The molecule has 0 aromatic carbocycles. The van der Waals surface area contributed by atoms with E-state index in [0.29, 0.717) is 5.92 Å². The van der Waals surface area contributed by atoms with Crippen molar-refractivity contribution in [2.45, 2.75) is 20.4 Å². The van der Waals surface area contributed by atoms with Gasteiger partial charge in [0.05, 0.1) is 24.3 Å². The van der Waals surface area contributed by atoms with Crippen molar-refractivity contribution in [3.8, 4) is 5.69 Å². The number of aromatic nitrogens is 5. The smallest absolute Gasteiger partial charge is 0.104 e. The summed E-state index contributed by atoms with van der Waals surface area (Å²) < 4.78 is 3.48. The largest absolute Gasteiger partial charge is 0.311 e. The maximum absolute atomic E-state index is 4.11. The Morgan fingerprint density at radius 2 is 2.18 bits per heavy atom. The van der Waals surface area contributed by atoms with Crippen molar-refractivity contribution in [2.24, 2.45) is 13.0 Å². The monoisotopic (exact) mass is 234 g/mol. The van der Waals surface area contributed by atoms with Crippen LogP contribution in [0.1, 0.15) is 19.5 Å². The third kappa shape index (κ3) is 3.13. The Labute approximate surface area is 101 Å². The van der Waals surface area contributed by atoms with Crippen LogP contribution < -0.4 is 5.32 Å². The minimum atomic E-state index is 0.642. The Kier molecular flexibility index (Phi) is 3.53. The summed E-state index contributed by atoms with van der Waals surface area (Å²) in [6, 6.07) is 0. The second-order valence-electron chi connectivity index (χ2n) is 4.55. The molecule has 0 aliphatic carbocycles. The predicted octanol–water partition coefficient (Wildman–Crippen LogP) is 0.746. The van der Waals surface area contributed by atoms with Gasteiger partial charge in [-0.25, -0.2) is 4.68 Å². The highest BCUT2D eigenvalue weighted by Crippen LogP contribution is 2.04. The summed E-state index contributed by atoms with van der Waals surface area (Å²) >= 11 is 0. The summed E-state index contributed by atoms with van der Waals surface area (Å²) in [6.45, 7) is 6.09. The highest BCUT2D eigenvalue weighted by atomic mass is 15.4. The maximum Gasteiger partial charge on any atom is 0.104 e. The molecular formula is C11H18N6. The fourth-order valence-electron chi connectivity index (χ4n) is 1.52. The lowest BCUT2D eigenvalue weighted by molar-refractivity contribution is 0.548. The van der Waals surface area contributed by atoms with E-state index in [4.69, 9.17) is 0 Å². The van der Waals surface area contributed by atoms with Crippen LogP contribution in [0.15, 0.2) is 18.6 Å². The van der Waals surface area contributed by atoms with E-state index >= 15 is 0 Å². The van der Waals surface area contributed by atoms with Crippen molar-refractivity contribution >= 4 is 0 Å². The molecule has 2 aromatic rings. The van der Waals surface area contributed by atoms with Crippen LogP contribution in [0.4, 0.5) is 0 Å². The van der Waals surface area contributed by atoms with Crippen molar-refractivity contribution in [3.63, 3.8) is 0 Å². The first-order chi connectivity index (χ1) is 8.15. The lowest BCUT2D eigenvalue weighted by Crippen LogP contribution is -2.19. The fraction of sp³-hybridized carbons (Fsp3) is 0.545. The van der Waals surface area contributed by atoms with Crippen LogP contribution in [0.3, 0.4) is 0 Å². The third-order valence-electron chi connectivity index (χ3n) is 2.36. The summed E-state index contributed by atoms with van der Waals surface area (Å²) in [4.78, 5) is 0. The highest BCUT2D eigenvalue weighted by Gasteiger charge is 2.04. The van der Waals surface area contributed by atoms with Gasteiger partial charge in [-0.15, -0.1) is 5.10 Å². The molecule has 0 atom stereocenters. The zero-order valence-corrected chi connectivity index (χ0v) is 10.5. The lowest BCUT2D eigenvalue weighted by Gasteiger charge is -2.04. The van der Waals surface area contributed by atoms with Gasteiger partial charge in [0.2, 0.25) is 0 Å². The topological polar surface area (TPSA) is 60.6 Å². The fourth-order valence-corrected chi connectivity index (χ4v) is 1.52. The van der Waals surface area contributed by atoms with Crippen LogP contribution >= 0.6 is 0 Å². The molecule has 6 nitrogen and oxygen atoms in total. The van der Waals surface area contributed by atoms with Crippen molar-refractivity contribution in [1.29, 1.82) is 0 Å². The molecule has 17 heavy (non-hydrogen) atoms. The van der Waals surface area contributed by atoms with Gasteiger partial charge in [-0.1, -0.05) is 19.1 Å². The molecule has 0 aliphatic rings. The number of rotatable bonds is 5. The van der Waals surface area contributed by atoms with Crippen molar-refractivity contribution in [1.82, 2.24) is 30.1 Å². The van der Waals surface area contributed by atoms with Gasteiger partial charge in [0.1, 0.15) is 5.69 Å². The number of nitrogens with zero attached hydrogens (tertiary/aromatic N) is 5. The molecule has 0 bridgehead atoms. The Morgan fingerprint density at radius 3 is 2.82 bits per heavy atom. The van der Waals surface area contributed by atoms with E-state index in [-0.39, 0.29) is 0 Å². The van der Waals surface area contributed by atoms with Gasteiger partial charge in [0, 0.05) is 13.6 Å². The first-order valence-electron chi connectivity index (χ1n) is 5.76. The van der Waals surface area contributed by atoms with E-state index in [1.54, 1.807) is 15.6 Å². The van der Waals surface area contributed by atoms with Gasteiger partial charge in [0.15, 0.2) is 0 Å². The standard InChI is InChI=1S/C11H18N6/c1-9(2)4-12-5-10-7-17(15-14-10)11-6-13-16(3)8-11/h6-9,12H,4-5H2,1-3H3. The molecule has 2 rings (SSSR count). The summed E-state index contributed by atoms with van der Waals surface area (Å²) in [6.07, 6.45) is 5.59. The second-order valence-corrected chi connectivity index (χ2v) is 4.55. The van der Waals surface area contributed by atoms with Crippen molar-refractivity contribution in [3.05, 3.63) is 24.3 Å². The Balaban J connectivity index is 1.96. The maximum atomic E-state index is 4.11. The van der Waals surface area contributed by atoms with Crippen molar-refractivity contribution in [2.75, 3.05) is 6.54 Å². The molecule has 0 unspecified atom stereocenters. The van der Waals surface area contributed by atoms with Crippen LogP contribution in [-0.2, 0) is 13.6 Å². The molecule has 0 saturated carbocycles. The van der Waals surface area contributed by atoms with Gasteiger partial charge in [-0.3, -0.25) is 4.68 Å². The van der Waals surface area contributed by atoms with Crippen LogP contribution in [0.5, 0.6) is 0 Å². The van der Waals surface area contributed by atoms with Crippen LogP contribution in [0, 0.1) is 5.92 Å². The van der Waals surface area contributed by atoms with Gasteiger partial charge in [-0.05, 0) is 12.5 Å². The molecule has 0 fully saturated rings. The van der Waals surface area contributed by atoms with Crippen LogP contribution in [0.25, 0.3) is 5.69 Å². The first kappa shape index (κ1) is 11.8. The minimum absolute atomic E-state index is 0.642. The van der Waals surface area contributed by atoms with E-state index in [2.05, 4.69) is 34.6 Å². The average Bonchev–Trinajstić information content (AvgIpc) is 2.86. The van der Waals surface area contributed by atoms with Crippen molar-refractivity contribution < 1.29 is 0 Å².